The first-order valence-corrected chi connectivity index (χ1v) is 11.6. The summed E-state index contributed by atoms with van der Waals surface area (Å²) in [6.07, 6.45) is 0. The summed E-state index contributed by atoms with van der Waals surface area (Å²) in [5.41, 5.74) is 8.97. The van der Waals surface area contributed by atoms with Crippen molar-refractivity contribution >= 4 is 40.5 Å². The number of hydrogen-bond acceptors (Lipinski definition) is 5. The molecule has 3 aromatic carbocycles. The Kier molecular flexibility index (Phi) is 7.47. The summed E-state index contributed by atoms with van der Waals surface area (Å²) >= 11 is 5.98. The van der Waals surface area contributed by atoms with E-state index < -0.39 is 6.04 Å². The van der Waals surface area contributed by atoms with Crippen LogP contribution in [-0.2, 0) is 4.79 Å². The molecule has 1 aliphatic heterocycles. The van der Waals surface area contributed by atoms with E-state index in [0.717, 1.165) is 25.2 Å². The number of nitrogens with zero attached hydrogens (tertiary/aromatic N) is 1. The van der Waals surface area contributed by atoms with Gasteiger partial charge in [0.25, 0.3) is 5.91 Å². The molecule has 2 atom stereocenters. The van der Waals surface area contributed by atoms with E-state index in [2.05, 4.69) is 27.8 Å². The second-order valence-corrected chi connectivity index (χ2v) is 8.85. The van der Waals surface area contributed by atoms with Crippen molar-refractivity contribution in [1.82, 2.24) is 10.2 Å². The summed E-state index contributed by atoms with van der Waals surface area (Å²) in [4.78, 5) is 28.3. The molecule has 0 saturated carbocycles. The molecular weight excluding hydrogens is 450 g/mol. The minimum Gasteiger partial charge on any atom is -0.397 e. The fraction of sp³-hybridized carbons (Fsp3) is 0.231. The molecule has 3 aromatic rings. The van der Waals surface area contributed by atoms with Crippen molar-refractivity contribution in [3.8, 4) is 0 Å². The lowest BCUT2D eigenvalue weighted by molar-refractivity contribution is -0.122. The Morgan fingerprint density at radius 1 is 1.03 bits per heavy atom. The van der Waals surface area contributed by atoms with Crippen LogP contribution in [0.4, 0.5) is 17.1 Å². The van der Waals surface area contributed by atoms with Gasteiger partial charge in [-0.3, -0.25) is 14.5 Å². The van der Waals surface area contributed by atoms with Gasteiger partial charge in [0.05, 0.1) is 11.4 Å². The van der Waals surface area contributed by atoms with E-state index in [1.54, 1.807) is 48.5 Å². The first kappa shape index (κ1) is 23.8. The number of carbonyl (C=O) groups excluding carboxylic acids is 2. The third-order valence-corrected chi connectivity index (χ3v) is 6.08. The number of benzene rings is 3. The maximum Gasteiger partial charge on any atom is 0.255 e. The molecule has 8 heteroatoms. The number of para-hydroxylation sites is 2. The lowest BCUT2D eigenvalue weighted by atomic mass is 10.0. The minimum atomic E-state index is -0.498. The predicted molar refractivity (Wildman–Crippen MR) is 137 cm³/mol. The first-order chi connectivity index (χ1) is 16.4. The highest BCUT2D eigenvalue weighted by Crippen LogP contribution is 2.26. The fourth-order valence-electron chi connectivity index (χ4n) is 4.09. The largest absolute Gasteiger partial charge is 0.397 e. The minimum absolute atomic E-state index is 0.134. The third kappa shape index (κ3) is 5.75. The molecule has 176 valence electrons. The van der Waals surface area contributed by atoms with Crippen molar-refractivity contribution in [1.29, 1.82) is 0 Å². The lowest BCUT2D eigenvalue weighted by Crippen LogP contribution is -2.52. The number of hydrogen-bond donors (Lipinski definition) is 4. The molecule has 0 aliphatic carbocycles. The number of piperazine rings is 1. The Morgan fingerprint density at radius 3 is 2.41 bits per heavy atom. The Labute approximate surface area is 204 Å². The molecule has 7 nitrogen and oxygen atoms in total. The van der Waals surface area contributed by atoms with Gasteiger partial charge in [0.15, 0.2) is 0 Å². The molecule has 0 bridgehead atoms. The van der Waals surface area contributed by atoms with Gasteiger partial charge >= 0.3 is 0 Å². The van der Waals surface area contributed by atoms with Crippen LogP contribution < -0.4 is 21.7 Å². The lowest BCUT2D eigenvalue weighted by Gasteiger charge is -2.37. The molecule has 1 fully saturated rings. The van der Waals surface area contributed by atoms with Crippen LogP contribution >= 0.6 is 11.6 Å². The summed E-state index contributed by atoms with van der Waals surface area (Å²) in [7, 11) is 0. The Bertz CT molecular complexity index is 1150. The van der Waals surface area contributed by atoms with E-state index in [-0.39, 0.29) is 17.9 Å². The molecule has 0 radical (unpaired) electrons. The van der Waals surface area contributed by atoms with Gasteiger partial charge in [-0.05, 0) is 61.0 Å². The zero-order valence-corrected chi connectivity index (χ0v) is 19.7. The molecule has 1 aliphatic rings. The van der Waals surface area contributed by atoms with Gasteiger partial charge in [-0.2, -0.15) is 0 Å². The Hall–Kier alpha value is -3.39. The number of carbonyl (C=O) groups is 2. The maximum absolute atomic E-state index is 13.4. The van der Waals surface area contributed by atoms with Crippen LogP contribution in [0.15, 0.2) is 72.8 Å². The number of nitrogens with one attached hydrogen (secondary N) is 3. The summed E-state index contributed by atoms with van der Waals surface area (Å²) in [6, 6.07) is 21.1. The van der Waals surface area contributed by atoms with E-state index in [4.69, 9.17) is 17.3 Å². The molecule has 0 aromatic heterocycles. The number of anilines is 3. The van der Waals surface area contributed by atoms with Gasteiger partial charge in [-0.1, -0.05) is 35.9 Å². The molecule has 2 amide bonds. The molecule has 34 heavy (non-hydrogen) atoms. The van der Waals surface area contributed by atoms with Gasteiger partial charge in [0.2, 0.25) is 5.91 Å². The zero-order valence-electron chi connectivity index (χ0n) is 18.9. The van der Waals surface area contributed by atoms with Crippen LogP contribution in [0.5, 0.6) is 0 Å². The second-order valence-electron chi connectivity index (χ2n) is 8.41. The Balaban J connectivity index is 1.55. The van der Waals surface area contributed by atoms with Crippen LogP contribution in [-0.4, -0.2) is 42.4 Å². The van der Waals surface area contributed by atoms with Crippen LogP contribution in [0.1, 0.15) is 28.9 Å². The SMILES string of the molecule is C[C@H]1CN(C(C(=O)Nc2ccc(Cl)cc2)c2ccc(C(=O)Nc3ccccc3N)cc2)CCN1. The Morgan fingerprint density at radius 2 is 1.74 bits per heavy atom. The van der Waals surface area contributed by atoms with Crippen molar-refractivity contribution in [3.63, 3.8) is 0 Å². The third-order valence-electron chi connectivity index (χ3n) is 5.82. The van der Waals surface area contributed by atoms with E-state index in [0.29, 0.717) is 27.6 Å². The van der Waals surface area contributed by atoms with E-state index in [1.165, 1.54) is 0 Å². The summed E-state index contributed by atoms with van der Waals surface area (Å²) in [6.45, 7) is 4.36. The van der Waals surface area contributed by atoms with Crippen molar-refractivity contribution in [2.24, 2.45) is 0 Å². The standard InChI is InChI=1S/C26H28ClN5O2/c1-17-16-32(15-14-29-17)24(26(34)30-21-12-10-20(27)11-13-21)18-6-8-19(9-7-18)25(33)31-23-5-3-2-4-22(23)28/h2-13,17,24,29H,14-16,28H2,1H3,(H,30,34)(H,31,33)/t17-,24?/m0/s1. The second kappa shape index (κ2) is 10.7. The first-order valence-electron chi connectivity index (χ1n) is 11.2. The molecule has 1 heterocycles. The quantitative estimate of drug-likeness (QED) is 0.400. The molecule has 5 N–H and O–H groups in total. The van der Waals surface area contributed by atoms with Gasteiger partial charge in [0.1, 0.15) is 6.04 Å². The molecule has 4 rings (SSSR count). The fourth-order valence-corrected chi connectivity index (χ4v) is 4.22. The summed E-state index contributed by atoms with van der Waals surface area (Å²) in [5, 5.41) is 9.86. The van der Waals surface area contributed by atoms with Crippen LogP contribution in [0.3, 0.4) is 0 Å². The van der Waals surface area contributed by atoms with Crippen LogP contribution in [0.2, 0.25) is 5.02 Å². The van der Waals surface area contributed by atoms with Crippen molar-refractivity contribution in [2.75, 3.05) is 36.0 Å². The van der Waals surface area contributed by atoms with E-state index in [9.17, 15) is 9.59 Å². The number of rotatable bonds is 6. The van der Waals surface area contributed by atoms with Crippen molar-refractivity contribution in [2.45, 2.75) is 19.0 Å². The predicted octanol–water partition coefficient (Wildman–Crippen LogP) is 4.15. The smallest absolute Gasteiger partial charge is 0.255 e. The van der Waals surface area contributed by atoms with Crippen molar-refractivity contribution < 1.29 is 9.59 Å². The average molecular weight is 478 g/mol. The highest BCUT2D eigenvalue weighted by molar-refractivity contribution is 6.30. The zero-order chi connectivity index (χ0) is 24.1. The highest BCUT2D eigenvalue weighted by Gasteiger charge is 2.30. The summed E-state index contributed by atoms with van der Waals surface area (Å²) < 4.78 is 0. The van der Waals surface area contributed by atoms with E-state index >= 15 is 0 Å². The molecule has 0 spiro atoms. The summed E-state index contributed by atoms with van der Waals surface area (Å²) in [5.74, 6) is -0.395. The molecule has 1 unspecified atom stereocenters. The van der Waals surface area contributed by atoms with Gasteiger partial charge in [0, 0.05) is 41.9 Å². The molecule has 1 saturated heterocycles. The van der Waals surface area contributed by atoms with Crippen molar-refractivity contribution in [3.05, 3.63) is 88.9 Å². The topological polar surface area (TPSA) is 99.5 Å². The van der Waals surface area contributed by atoms with Crippen LogP contribution in [0, 0.1) is 0 Å². The van der Waals surface area contributed by atoms with Gasteiger partial charge < -0.3 is 21.7 Å². The van der Waals surface area contributed by atoms with Gasteiger partial charge in [-0.25, -0.2) is 0 Å². The van der Waals surface area contributed by atoms with Crippen LogP contribution in [0.25, 0.3) is 0 Å². The number of halogens is 1. The van der Waals surface area contributed by atoms with E-state index in [1.807, 2.05) is 24.3 Å². The highest BCUT2D eigenvalue weighted by atomic mass is 35.5. The number of nitrogen functional groups attached to an aromatic ring is 1. The average Bonchev–Trinajstić information content (AvgIpc) is 2.83. The monoisotopic (exact) mass is 477 g/mol. The maximum atomic E-state index is 13.4. The van der Waals surface area contributed by atoms with Gasteiger partial charge in [-0.15, -0.1) is 0 Å². The molecular formula is C26H28ClN5O2. The number of nitrogens with two attached hydrogens (primary N) is 1. The normalized spacial score (nSPS) is 17.1. The number of amides is 2.